The first kappa shape index (κ1) is 16.1. The number of fused-ring (bicyclic) bond motifs is 1. The number of nitrogens with one attached hydrogen (secondary N) is 1. The number of carbonyl (C=O) groups excluding carboxylic acids is 1. The molecule has 22 heavy (non-hydrogen) atoms. The zero-order valence-electron chi connectivity index (χ0n) is 12.8. The van der Waals surface area contributed by atoms with E-state index in [1.54, 1.807) is 13.8 Å². The largest absolute Gasteiger partial charge is 0.488 e. The molecular weight excluding hydrogens is 282 g/mol. The van der Waals surface area contributed by atoms with Gasteiger partial charge in [0.2, 0.25) is 0 Å². The minimum absolute atomic E-state index is 0.162. The number of aryl methyl sites for hydroxylation is 1. The van der Waals surface area contributed by atoms with E-state index in [9.17, 15) is 9.59 Å². The summed E-state index contributed by atoms with van der Waals surface area (Å²) in [5, 5.41) is 11.5. The summed E-state index contributed by atoms with van der Waals surface area (Å²) in [4.78, 5) is 22.9. The van der Waals surface area contributed by atoms with E-state index in [4.69, 9.17) is 9.84 Å². The highest BCUT2D eigenvalue weighted by molar-refractivity contribution is 5.84. The lowest BCUT2D eigenvalue weighted by atomic mass is 9.96. The molecule has 0 heterocycles. The minimum Gasteiger partial charge on any atom is -0.488 e. The fraction of sp³-hybridized carbons (Fsp3) is 0.412. The van der Waals surface area contributed by atoms with Crippen LogP contribution >= 0.6 is 0 Å². The second kappa shape index (κ2) is 7.11. The molecule has 1 aliphatic carbocycles. The smallest absolute Gasteiger partial charge is 0.326 e. The zero-order chi connectivity index (χ0) is 16.1. The fourth-order valence-corrected chi connectivity index (χ4v) is 2.41. The summed E-state index contributed by atoms with van der Waals surface area (Å²) in [6.45, 7) is 3.34. The third-order valence-corrected chi connectivity index (χ3v) is 3.65. The third kappa shape index (κ3) is 4.10. The fourth-order valence-electron chi connectivity index (χ4n) is 2.41. The molecule has 5 nitrogen and oxygen atoms in total. The minimum atomic E-state index is -1.03. The van der Waals surface area contributed by atoms with E-state index in [0.717, 1.165) is 24.2 Å². The Labute approximate surface area is 130 Å². The predicted octanol–water partition coefficient (Wildman–Crippen LogP) is 2.22. The highest BCUT2D eigenvalue weighted by atomic mass is 16.5. The third-order valence-electron chi connectivity index (χ3n) is 3.65. The van der Waals surface area contributed by atoms with E-state index >= 15 is 0 Å². The van der Waals surface area contributed by atoms with Crippen molar-refractivity contribution >= 4 is 18.0 Å². The molecule has 0 saturated carbocycles. The first-order chi connectivity index (χ1) is 10.5. The standard InChI is InChI=1S/C17H21NO4/c1-11(2)16(17(20)21)18-15(19)10-22-14-8-7-12-5-3-4-6-13(12)9-14/h3-6,9,11,16H,7-8,10H2,1-2H3,(H,18,19)(H,20,21). The monoisotopic (exact) mass is 303 g/mol. The first-order valence-corrected chi connectivity index (χ1v) is 7.41. The maximum Gasteiger partial charge on any atom is 0.326 e. The van der Waals surface area contributed by atoms with Gasteiger partial charge in [0.15, 0.2) is 6.61 Å². The summed E-state index contributed by atoms with van der Waals surface area (Å²) in [5.41, 5.74) is 2.37. The molecule has 5 heteroatoms. The van der Waals surface area contributed by atoms with Crippen LogP contribution in [0.4, 0.5) is 0 Å². The molecule has 1 atom stereocenters. The van der Waals surface area contributed by atoms with Crippen molar-refractivity contribution in [2.24, 2.45) is 5.92 Å². The van der Waals surface area contributed by atoms with Crippen LogP contribution in [-0.2, 0) is 20.7 Å². The van der Waals surface area contributed by atoms with E-state index in [1.165, 1.54) is 5.56 Å². The van der Waals surface area contributed by atoms with Crippen molar-refractivity contribution in [3.63, 3.8) is 0 Å². The van der Waals surface area contributed by atoms with Gasteiger partial charge in [-0.1, -0.05) is 38.1 Å². The van der Waals surface area contributed by atoms with Crippen molar-refractivity contribution in [2.75, 3.05) is 6.61 Å². The van der Waals surface area contributed by atoms with Crippen molar-refractivity contribution in [3.8, 4) is 0 Å². The van der Waals surface area contributed by atoms with Crippen LogP contribution in [0.15, 0.2) is 30.0 Å². The number of carbonyl (C=O) groups is 2. The Morgan fingerprint density at radius 1 is 1.27 bits per heavy atom. The number of ether oxygens (including phenoxy) is 1. The van der Waals surface area contributed by atoms with Crippen molar-refractivity contribution in [3.05, 3.63) is 41.2 Å². The number of hydrogen-bond donors (Lipinski definition) is 2. The predicted molar refractivity (Wildman–Crippen MR) is 83.1 cm³/mol. The van der Waals surface area contributed by atoms with Crippen LogP contribution in [0.3, 0.4) is 0 Å². The van der Waals surface area contributed by atoms with Crippen LogP contribution < -0.4 is 5.32 Å². The average Bonchev–Trinajstić information content (AvgIpc) is 2.49. The highest BCUT2D eigenvalue weighted by Crippen LogP contribution is 2.24. The van der Waals surface area contributed by atoms with Crippen molar-refractivity contribution in [1.82, 2.24) is 5.32 Å². The van der Waals surface area contributed by atoms with Gasteiger partial charge in [0, 0.05) is 6.42 Å². The molecule has 1 aromatic carbocycles. The molecule has 0 radical (unpaired) electrons. The molecular formula is C17H21NO4. The number of benzene rings is 1. The van der Waals surface area contributed by atoms with Crippen LogP contribution in [0.2, 0.25) is 0 Å². The number of rotatable bonds is 6. The Bertz CT molecular complexity index is 592. The molecule has 1 aromatic rings. The summed E-state index contributed by atoms with van der Waals surface area (Å²) < 4.78 is 5.52. The summed E-state index contributed by atoms with van der Waals surface area (Å²) in [6.07, 6.45) is 3.56. The number of aliphatic carboxylic acids is 1. The molecule has 0 bridgehead atoms. The van der Waals surface area contributed by atoms with Crippen LogP contribution in [0, 0.1) is 5.92 Å². The second-order valence-corrected chi connectivity index (χ2v) is 5.73. The molecule has 0 aromatic heterocycles. The second-order valence-electron chi connectivity index (χ2n) is 5.73. The normalized spacial score (nSPS) is 14.8. The van der Waals surface area contributed by atoms with Crippen molar-refractivity contribution < 1.29 is 19.4 Å². The van der Waals surface area contributed by atoms with E-state index in [2.05, 4.69) is 11.4 Å². The average molecular weight is 303 g/mol. The van der Waals surface area contributed by atoms with E-state index < -0.39 is 17.9 Å². The van der Waals surface area contributed by atoms with Gasteiger partial charge in [-0.2, -0.15) is 0 Å². The molecule has 2 N–H and O–H groups in total. The van der Waals surface area contributed by atoms with E-state index in [0.29, 0.717) is 0 Å². The molecule has 0 spiro atoms. The SMILES string of the molecule is CC(C)C(NC(=O)COC1=Cc2ccccc2CC1)C(=O)O. The Balaban J connectivity index is 1.90. The molecule has 0 aliphatic heterocycles. The van der Waals surface area contributed by atoms with Gasteiger partial charge in [0.25, 0.3) is 5.91 Å². The lowest BCUT2D eigenvalue weighted by Gasteiger charge is -2.20. The maximum absolute atomic E-state index is 11.8. The Hall–Kier alpha value is -2.30. The van der Waals surface area contributed by atoms with Gasteiger partial charge in [0.05, 0.1) is 5.76 Å². The van der Waals surface area contributed by atoms with Gasteiger partial charge in [-0.15, -0.1) is 0 Å². The zero-order valence-corrected chi connectivity index (χ0v) is 12.8. The number of carboxylic acid groups (broad SMARTS) is 1. The van der Waals surface area contributed by atoms with Gasteiger partial charge >= 0.3 is 5.97 Å². The lowest BCUT2D eigenvalue weighted by Crippen LogP contribution is -2.45. The molecule has 0 saturated heterocycles. The Morgan fingerprint density at radius 3 is 2.68 bits per heavy atom. The lowest BCUT2D eigenvalue weighted by molar-refractivity contribution is -0.143. The highest BCUT2D eigenvalue weighted by Gasteiger charge is 2.23. The van der Waals surface area contributed by atoms with Gasteiger partial charge in [-0.05, 0) is 29.5 Å². The molecule has 2 rings (SSSR count). The number of amides is 1. The number of allylic oxidation sites excluding steroid dienone is 1. The van der Waals surface area contributed by atoms with Crippen LogP contribution in [0.1, 0.15) is 31.4 Å². The van der Waals surface area contributed by atoms with E-state index in [-0.39, 0.29) is 12.5 Å². The Kier molecular flexibility index (Phi) is 5.20. The molecule has 0 fully saturated rings. The summed E-state index contributed by atoms with van der Waals surface area (Å²) in [6, 6.07) is 7.17. The summed E-state index contributed by atoms with van der Waals surface area (Å²) in [5.74, 6) is -0.873. The van der Waals surface area contributed by atoms with Crippen LogP contribution in [-0.4, -0.2) is 29.6 Å². The topological polar surface area (TPSA) is 75.6 Å². The van der Waals surface area contributed by atoms with Crippen LogP contribution in [0.5, 0.6) is 0 Å². The summed E-state index contributed by atoms with van der Waals surface area (Å²) >= 11 is 0. The maximum atomic E-state index is 11.8. The van der Waals surface area contributed by atoms with Gasteiger partial charge in [-0.25, -0.2) is 4.79 Å². The molecule has 1 unspecified atom stereocenters. The molecule has 1 amide bonds. The van der Waals surface area contributed by atoms with Crippen molar-refractivity contribution in [2.45, 2.75) is 32.7 Å². The summed E-state index contributed by atoms with van der Waals surface area (Å²) in [7, 11) is 0. The number of hydrogen-bond acceptors (Lipinski definition) is 3. The molecule has 1 aliphatic rings. The quantitative estimate of drug-likeness (QED) is 0.845. The van der Waals surface area contributed by atoms with Gasteiger partial charge < -0.3 is 15.2 Å². The van der Waals surface area contributed by atoms with Crippen LogP contribution in [0.25, 0.3) is 6.08 Å². The van der Waals surface area contributed by atoms with Gasteiger partial charge in [-0.3, -0.25) is 4.79 Å². The van der Waals surface area contributed by atoms with Gasteiger partial charge in [0.1, 0.15) is 6.04 Å². The van der Waals surface area contributed by atoms with E-state index in [1.807, 2.05) is 24.3 Å². The first-order valence-electron chi connectivity index (χ1n) is 7.41. The van der Waals surface area contributed by atoms with Crippen molar-refractivity contribution in [1.29, 1.82) is 0 Å². The Morgan fingerprint density at radius 2 is 2.00 bits per heavy atom. The number of carboxylic acids is 1. The molecule has 118 valence electrons.